The molecule has 0 bridgehead atoms. The molecule has 0 aliphatic carbocycles. The maximum atomic E-state index is 11.6. The molecule has 1 rings (SSSR count). The number of benzene rings is 1. The molecular formula is C12H12ClN3O4. The second-order valence-electron chi connectivity index (χ2n) is 3.70. The topological polar surface area (TPSA) is 111 Å². The van der Waals surface area contributed by atoms with Gasteiger partial charge in [-0.05, 0) is 18.2 Å². The van der Waals surface area contributed by atoms with Crippen LogP contribution < -0.4 is 10.6 Å². The number of methoxy groups -OCH3 is 1. The van der Waals surface area contributed by atoms with Gasteiger partial charge < -0.3 is 20.5 Å². The second kappa shape index (κ2) is 7.33. The van der Waals surface area contributed by atoms with Crippen molar-refractivity contribution in [3.63, 3.8) is 0 Å². The third-order valence-corrected chi connectivity index (χ3v) is 2.59. The molecule has 0 saturated heterocycles. The molecule has 20 heavy (non-hydrogen) atoms. The highest BCUT2D eigenvalue weighted by atomic mass is 35.5. The first-order chi connectivity index (χ1) is 9.47. The van der Waals surface area contributed by atoms with E-state index in [2.05, 4.69) is 15.4 Å². The minimum absolute atomic E-state index is 0.208. The van der Waals surface area contributed by atoms with Gasteiger partial charge in [0.05, 0.1) is 17.8 Å². The summed E-state index contributed by atoms with van der Waals surface area (Å²) in [5, 5.41) is 22.7. The van der Waals surface area contributed by atoms with Gasteiger partial charge in [0.25, 0.3) is 0 Å². The molecule has 7 nitrogen and oxygen atoms in total. The summed E-state index contributed by atoms with van der Waals surface area (Å²) in [7, 11) is 1.23. The van der Waals surface area contributed by atoms with Gasteiger partial charge in [-0.3, -0.25) is 0 Å². The van der Waals surface area contributed by atoms with E-state index in [0.717, 1.165) is 0 Å². The number of nitrogens with zero attached hydrogens (tertiary/aromatic N) is 1. The van der Waals surface area contributed by atoms with Crippen LogP contribution in [0.2, 0.25) is 5.02 Å². The largest absolute Gasteiger partial charge is 0.479 e. The van der Waals surface area contributed by atoms with Crippen molar-refractivity contribution in [3.05, 3.63) is 28.8 Å². The van der Waals surface area contributed by atoms with E-state index in [1.807, 2.05) is 6.07 Å². The van der Waals surface area contributed by atoms with Gasteiger partial charge in [0.2, 0.25) is 0 Å². The van der Waals surface area contributed by atoms with Crippen molar-refractivity contribution in [1.82, 2.24) is 5.32 Å². The lowest BCUT2D eigenvalue weighted by Crippen LogP contribution is -2.39. The average Bonchev–Trinajstić information content (AvgIpc) is 2.39. The number of rotatable bonds is 5. The van der Waals surface area contributed by atoms with Crippen LogP contribution in [0.1, 0.15) is 5.56 Å². The second-order valence-corrected chi connectivity index (χ2v) is 4.14. The number of carboxylic acids is 1. The molecule has 0 spiro atoms. The normalized spacial score (nSPS) is 11.2. The van der Waals surface area contributed by atoms with Crippen molar-refractivity contribution < 1.29 is 19.4 Å². The molecule has 0 aliphatic heterocycles. The summed E-state index contributed by atoms with van der Waals surface area (Å²) in [6.45, 7) is -0.208. The number of amides is 2. The van der Waals surface area contributed by atoms with Gasteiger partial charge >= 0.3 is 12.0 Å². The molecule has 0 saturated carbocycles. The first-order valence-electron chi connectivity index (χ1n) is 5.48. The number of hydrogen-bond donors (Lipinski definition) is 3. The van der Waals surface area contributed by atoms with Gasteiger partial charge in [-0.25, -0.2) is 9.59 Å². The molecule has 3 N–H and O–H groups in total. The van der Waals surface area contributed by atoms with E-state index < -0.39 is 18.1 Å². The van der Waals surface area contributed by atoms with Crippen LogP contribution in [0.5, 0.6) is 0 Å². The number of nitrogens with one attached hydrogen (secondary N) is 2. The van der Waals surface area contributed by atoms with Crippen LogP contribution in [0.3, 0.4) is 0 Å². The Balaban J connectivity index is 2.65. The van der Waals surface area contributed by atoms with Crippen molar-refractivity contribution in [2.75, 3.05) is 19.0 Å². The zero-order valence-corrected chi connectivity index (χ0v) is 11.3. The van der Waals surface area contributed by atoms with Crippen molar-refractivity contribution in [3.8, 4) is 6.07 Å². The number of carbonyl (C=O) groups excluding carboxylic acids is 1. The highest BCUT2D eigenvalue weighted by Gasteiger charge is 2.17. The molecule has 1 aromatic rings. The first kappa shape index (κ1) is 15.8. The maximum absolute atomic E-state index is 11.6. The van der Waals surface area contributed by atoms with E-state index in [1.54, 1.807) is 0 Å². The fourth-order valence-electron chi connectivity index (χ4n) is 1.34. The number of nitriles is 1. The third-order valence-electron chi connectivity index (χ3n) is 2.36. The molecule has 0 aliphatic rings. The zero-order valence-electron chi connectivity index (χ0n) is 10.5. The summed E-state index contributed by atoms with van der Waals surface area (Å²) >= 11 is 5.77. The summed E-state index contributed by atoms with van der Waals surface area (Å²) in [6, 6.07) is 5.65. The number of urea groups is 1. The molecule has 0 heterocycles. The Labute approximate surface area is 120 Å². The number of halogens is 1. The third kappa shape index (κ3) is 4.42. The Morgan fingerprint density at radius 3 is 2.80 bits per heavy atom. The van der Waals surface area contributed by atoms with E-state index >= 15 is 0 Å². The van der Waals surface area contributed by atoms with Crippen LogP contribution in [0.15, 0.2) is 18.2 Å². The number of ether oxygens (including phenoxy) is 1. The van der Waals surface area contributed by atoms with Gasteiger partial charge in [-0.15, -0.1) is 0 Å². The fourth-order valence-corrected chi connectivity index (χ4v) is 1.51. The van der Waals surface area contributed by atoms with Crippen molar-refractivity contribution in [2.45, 2.75) is 6.10 Å². The lowest BCUT2D eigenvalue weighted by atomic mass is 10.2. The highest BCUT2D eigenvalue weighted by Crippen LogP contribution is 2.20. The number of hydrogen-bond acceptors (Lipinski definition) is 4. The van der Waals surface area contributed by atoms with Crippen LogP contribution in [-0.2, 0) is 9.53 Å². The monoisotopic (exact) mass is 297 g/mol. The van der Waals surface area contributed by atoms with Gasteiger partial charge in [-0.2, -0.15) is 5.26 Å². The molecule has 106 valence electrons. The SMILES string of the molecule is COC(CNC(=O)Nc1cc(Cl)ccc1C#N)C(=O)O. The number of anilines is 1. The lowest BCUT2D eigenvalue weighted by Gasteiger charge is -2.13. The number of aliphatic carboxylic acids is 1. The molecule has 1 aromatic carbocycles. The maximum Gasteiger partial charge on any atom is 0.334 e. The van der Waals surface area contributed by atoms with E-state index in [4.69, 9.17) is 22.0 Å². The van der Waals surface area contributed by atoms with Gasteiger partial charge in [-0.1, -0.05) is 11.6 Å². The van der Waals surface area contributed by atoms with Crippen LogP contribution >= 0.6 is 11.6 Å². The van der Waals surface area contributed by atoms with Gasteiger partial charge in [0.1, 0.15) is 6.07 Å². The van der Waals surface area contributed by atoms with E-state index in [1.165, 1.54) is 25.3 Å². The van der Waals surface area contributed by atoms with Crippen molar-refractivity contribution >= 4 is 29.3 Å². The summed E-state index contributed by atoms with van der Waals surface area (Å²) in [4.78, 5) is 22.3. The minimum atomic E-state index is -1.19. The van der Waals surface area contributed by atoms with E-state index in [9.17, 15) is 9.59 Å². The quantitative estimate of drug-likeness (QED) is 0.761. The minimum Gasteiger partial charge on any atom is -0.479 e. The molecule has 1 atom stereocenters. The van der Waals surface area contributed by atoms with Crippen molar-refractivity contribution in [1.29, 1.82) is 5.26 Å². The predicted octanol–water partition coefficient (Wildman–Crippen LogP) is 1.43. The van der Waals surface area contributed by atoms with E-state index in [-0.39, 0.29) is 17.8 Å². The summed E-state index contributed by atoms with van der Waals surface area (Å²) in [5.41, 5.74) is 0.480. The van der Waals surface area contributed by atoms with Crippen molar-refractivity contribution in [2.24, 2.45) is 0 Å². The number of carboxylic acid groups (broad SMARTS) is 1. The molecule has 0 radical (unpaired) electrons. The van der Waals surface area contributed by atoms with Crippen LogP contribution in [0.4, 0.5) is 10.5 Å². The zero-order chi connectivity index (χ0) is 15.1. The number of carbonyl (C=O) groups is 2. The smallest absolute Gasteiger partial charge is 0.334 e. The average molecular weight is 298 g/mol. The van der Waals surface area contributed by atoms with Crippen LogP contribution in [-0.4, -0.2) is 36.9 Å². The summed E-state index contributed by atoms with van der Waals surface area (Å²) in [6.07, 6.45) is -1.14. The summed E-state index contributed by atoms with van der Waals surface area (Å²) < 4.78 is 4.66. The molecule has 0 aromatic heterocycles. The van der Waals surface area contributed by atoms with Gasteiger partial charge in [0, 0.05) is 12.1 Å². The Hall–Kier alpha value is -2.30. The Bertz CT molecular complexity index is 556. The van der Waals surface area contributed by atoms with E-state index in [0.29, 0.717) is 5.02 Å². The molecular weight excluding hydrogens is 286 g/mol. The highest BCUT2D eigenvalue weighted by molar-refractivity contribution is 6.31. The van der Waals surface area contributed by atoms with Gasteiger partial charge in [0.15, 0.2) is 6.10 Å². The first-order valence-corrected chi connectivity index (χ1v) is 5.85. The van der Waals surface area contributed by atoms with Crippen LogP contribution in [0.25, 0.3) is 0 Å². The molecule has 8 heteroatoms. The molecule has 1 unspecified atom stereocenters. The van der Waals surface area contributed by atoms with Crippen LogP contribution in [0, 0.1) is 11.3 Å². The Morgan fingerprint density at radius 1 is 1.55 bits per heavy atom. The predicted molar refractivity (Wildman–Crippen MR) is 71.6 cm³/mol. The fraction of sp³-hybridized carbons (Fsp3) is 0.250. The summed E-state index contributed by atoms with van der Waals surface area (Å²) in [5.74, 6) is -1.19. The standard InChI is InChI=1S/C12H12ClN3O4/c1-20-10(11(17)18)6-15-12(19)16-9-4-8(13)3-2-7(9)5-14/h2-4,10H,6H2,1H3,(H,17,18)(H2,15,16,19). The molecule has 0 fully saturated rings. The Kier molecular flexibility index (Phi) is 5.77. The lowest BCUT2D eigenvalue weighted by molar-refractivity contribution is -0.147. The molecule has 2 amide bonds. The Morgan fingerprint density at radius 2 is 2.25 bits per heavy atom.